The standard InChI is InChI=1S/C16H14BrN3/c17-15-7-6-13(16(18)8-15)10-20-11-14(9-19-20)12-4-2-1-3-5-12/h1-9,11H,10,18H2. The number of hydrogen-bond acceptors (Lipinski definition) is 2. The number of hydrogen-bond donors (Lipinski definition) is 1. The van der Waals surface area contributed by atoms with E-state index >= 15 is 0 Å². The first-order valence-electron chi connectivity index (χ1n) is 6.34. The van der Waals surface area contributed by atoms with Crippen LogP contribution in [0.15, 0.2) is 65.4 Å². The molecule has 1 heterocycles. The van der Waals surface area contributed by atoms with Crippen molar-refractivity contribution in [2.75, 3.05) is 5.73 Å². The Morgan fingerprint density at radius 3 is 2.60 bits per heavy atom. The number of aromatic nitrogens is 2. The van der Waals surface area contributed by atoms with Gasteiger partial charge in [0.15, 0.2) is 0 Å². The molecule has 3 nitrogen and oxygen atoms in total. The molecule has 0 bridgehead atoms. The van der Waals surface area contributed by atoms with Crippen molar-refractivity contribution >= 4 is 21.6 Å². The summed E-state index contributed by atoms with van der Waals surface area (Å²) < 4.78 is 2.89. The highest BCUT2D eigenvalue weighted by molar-refractivity contribution is 9.10. The summed E-state index contributed by atoms with van der Waals surface area (Å²) in [6.45, 7) is 0.673. The molecular formula is C16H14BrN3. The SMILES string of the molecule is Nc1cc(Br)ccc1Cn1cc(-c2ccccc2)cn1. The molecule has 4 heteroatoms. The van der Waals surface area contributed by atoms with E-state index in [-0.39, 0.29) is 0 Å². The second-order valence-corrected chi connectivity index (χ2v) is 5.55. The summed E-state index contributed by atoms with van der Waals surface area (Å²) in [5, 5.41) is 4.40. The van der Waals surface area contributed by atoms with Gasteiger partial charge in [-0.2, -0.15) is 5.10 Å². The van der Waals surface area contributed by atoms with Crippen LogP contribution in [0.2, 0.25) is 0 Å². The quantitative estimate of drug-likeness (QED) is 0.740. The lowest BCUT2D eigenvalue weighted by Gasteiger charge is -2.06. The highest BCUT2D eigenvalue weighted by Gasteiger charge is 2.04. The molecule has 2 N–H and O–H groups in total. The fraction of sp³-hybridized carbons (Fsp3) is 0.0625. The van der Waals surface area contributed by atoms with Gasteiger partial charge in [0.05, 0.1) is 12.7 Å². The van der Waals surface area contributed by atoms with Crippen molar-refractivity contribution in [1.29, 1.82) is 0 Å². The van der Waals surface area contributed by atoms with Crippen LogP contribution in [0, 0.1) is 0 Å². The molecule has 0 aliphatic heterocycles. The summed E-state index contributed by atoms with van der Waals surface area (Å²) in [7, 11) is 0. The number of nitrogens with two attached hydrogens (primary N) is 1. The molecule has 0 fully saturated rings. The van der Waals surface area contributed by atoms with Crippen molar-refractivity contribution < 1.29 is 0 Å². The number of benzene rings is 2. The lowest BCUT2D eigenvalue weighted by molar-refractivity contribution is 0.688. The molecule has 0 aliphatic carbocycles. The zero-order chi connectivity index (χ0) is 13.9. The van der Waals surface area contributed by atoms with Crippen molar-refractivity contribution in [3.05, 3.63) is 71.0 Å². The maximum atomic E-state index is 6.02. The Bertz CT molecular complexity index is 720. The van der Waals surface area contributed by atoms with Crippen molar-refractivity contribution in [3.63, 3.8) is 0 Å². The van der Waals surface area contributed by atoms with Crippen LogP contribution in [0.3, 0.4) is 0 Å². The van der Waals surface area contributed by atoms with Crippen molar-refractivity contribution in [1.82, 2.24) is 9.78 Å². The number of anilines is 1. The van der Waals surface area contributed by atoms with Crippen molar-refractivity contribution in [3.8, 4) is 11.1 Å². The molecule has 0 saturated carbocycles. The molecular weight excluding hydrogens is 314 g/mol. The largest absolute Gasteiger partial charge is 0.398 e. The molecule has 0 atom stereocenters. The smallest absolute Gasteiger partial charge is 0.0679 e. The number of nitrogen functional groups attached to an aromatic ring is 1. The molecule has 0 radical (unpaired) electrons. The van der Waals surface area contributed by atoms with Gasteiger partial charge < -0.3 is 5.73 Å². The maximum absolute atomic E-state index is 6.02. The van der Waals surface area contributed by atoms with E-state index in [9.17, 15) is 0 Å². The lowest BCUT2D eigenvalue weighted by Crippen LogP contribution is -2.03. The Morgan fingerprint density at radius 2 is 1.85 bits per heavy atom. The Hall–Kier alpha value is -2.07. The Balaban J connectivity index is 1.84. The molecule has 1 aromatic heterocycles. The average Bonchev–Trinajstić information content (AvgIpc) is 2.92. The molecule has 3 rings (SSSR count). The van der Waals surface area contributed by atoms with E-state index in [2.05, 4.69) is 33.2 Å². The third-order valence-electron chi connectivity index (χ3n) is 3.18. The predicted octanol–water partition coefficient (Wildman–Crippen LogP) is 3.94. The summed E-state index contributed by atoms with van der Waals surface area (Å²) in [6, 6.07) is 16.1. The van der Waals surface area contributed by atoms with Crippen LogP contribution in [0.25, 0.3) is 11.1 Å². The van der Waals surface area contributed by atoms with Gasteiger partial charge in [-0.3, -0.25) is 4.68 Å². The van der Waals surface area contributed by atoms with E-state index < -0.39 is 0 Å². The third kappa shape index (κ3) is 2.75. The van der Waals surface area contributed by atoms with E-state index in [1.165, 1.54) is 5.56 Å². The van der Waals surface area contributed by atoms with Gasteiger partial charge in [0, 0.05) is 21.9 Å². The number of halogens is 1. The van der Waals surface area contributed by atoms with E-state index in [0.717, 1.165) is 21.3 Å². The van der Waals surface area contributed by atoms with Crippen LogP contribution in [-0.2, 0) is 6.54 Å². The topological polar surface area (TPSA) is 43.8 Å². The van der Waals surface area contributed by atoms with E-state index in [4.69, 9.17) is 5.73 Å². The minimum Gasteiger partial charge on any atom is -0.398 e. The molecule has 0 saturated heterocycles. The fourth-order valence-electron chi connectivity index (χ4n) is 2.11. The van der Waals surface area contributed by atoms with Crippen LogP contribution in [0.1, 0.15) is 5.56 Å². The van der Waals surface area contributed by atoms with Gasteiger partial charge in [-0.1, -0.05) is 52.3 Å². The Labute approximate surface area is 126 Å². The molecule has 100 valence electrons. The first kappa shape index (κ1) is 12.9. The van der Waals surface area contributed by atoms with Gasteiger partial charge in [0.2, 0.25) is 0 Å². The van der Waals surface area contributed by atoms with Crippen molar-refractivity contribution in [2.45, 2.75) is 6.54 Å². The third-order valence-corrected chi connectivity index (χ3v) is 3.67. The maximum Gasteiger partial charge on any atom is 0.0679 e. The van der Waals surface area contributed by atoms with Gasteiger partial charge in [0.25, 0.3) is 0 Å². The summed E-state index contributed by atoms with van der Waals surface area (Å²) in [6.07, 6.45) is 3.92. The van der Waals surface area contributed by atoms with Gasteiger partial charge >= 0.3 is 0 Å². The molecule has 0 amide bonds. The molecule has 0 unspecified atom stereocenters. The summed E-state index contributed by atoms with van der Waals surface area (Å²) >= 11 is 3.41. The molecule has 0 aliphatic rings. The lowest BCUT2D eigenvalue weighted by atomic mass is 10.1. The zero-order valence-corrected chi connectivity index (χ0v) is 12.4. The van der Waals surface area contributed by atoms with Crippen LogP contribution < -0.4 is 5.73 Å². The highest BCUT2D eigenvalue weighted by Crippen LogP contribution is 2.21. The normalized spacial score (nSPS) is 10.7. The van der Waals surface area contributed by atoms with Crippen LogP contribution in [-0.4, -0.2) is 9.78 Å². The van der Waals surface area contributed by atoms with Gasteiger partial charge in [0.1, 0.15) is 0 Å². The minimum absolute atomic E-state index is 0.673. The second-order valence-electron chi connectivity index (χ2n) is 4.64. The molecule has 20 heavy (non-hydrogen) atoms. The van der Waals surface area contributed by atoms with Gasteiger partial charge in [-0.05, 0) is 23.3 Å². The first-order chi connectivity index (χ1) is 9.72. The van der Waals surface area contributed by atoms with Crippen molar-refractivity contribution in [2.24, 2.45) is 0 Å². The number of nitrogens with zero attached hydrogens (tertiary/aromatic N) is 2. The Morgan fingerprint density at radius 1 is 1.05 bits per heavy atom. The minimum atomic E-state index is 0.673. The second kappa shape index (κ2) is 5.51. The van der Waals surface area contributed by atoms with Gasteiger partial charge in [-0.15, -0.1) is 0 Å². The highest BCUT2D eigenvalue weighted by atomic mass is 79.9. The van der Waals surface area contributed by atoms with E-state index in [0.29, 0.717) is 6.54 Å². The zero-order valence-electron chi connectivity index (χ0n) is 10.8. The van der Waals surface area contributed by atoms with Crippen LogP contribution in [0.5, 0.6) is 0 Å². The van der Waals surface area contributed by atoms with Crippen LogP contribution >= 0.6 is 15.9 Å². The molecule has 2 aromatic carbocycles. The van der Waals surface area contributed by atoms with E-state index in [1.807, 2.05) is 53.5 Å². The average molecular weight is 328 g/mol. The summed E-state index contributed by atoms with van der Waals surface area (Å²) in [4.78, 5) is 0. The van der Waals surface area contributed by atoms with Gasteiger partial charge in [-0.25, -0.2) is 0 Å². The number of rotatable bonds is 3. The first-order valence-corrected chi connectivity index (χ1v) is 7.13. The molecule has 0 spiro atoms. The molecule has 3 aromatic rings. The fourth-order valence-corrected chi connectivity index (χ4v) is 2.49. The van der Waals surface area contributed by atoms with Crippen LogP contribution in [0.4, 0.5) is 5.69 Å². The predicted molar refractivity (Wildman–Crippen MR) is 85.3 cm³/mol. The Kier molecular flexibility index (Phi) is 3.56. The van der Waals surface area contributed by atoms with E-state index in [1.54, 1.807) is 0 Å². The summed E-state index contributed by atoms with van der Waals surface area (Å²) in [5.74, 6) is 0. The monoisotopic (exact) mass is 327 g/mol. The summed E-state index contributed by atoms with van der Waals surface area (Å²) in [5.41, 5.74) is 10.1.